The number of aromatic nitrogens is 5. The lowest BCUT2D eigenvalue weighted by Crippen LogP contribution is -2.02. The molecule has 5 nitrogen and oxygen atoms in total. The summed E-state index contributed by atoms with van der Waals surface area (Å²) < 4.78 is 4.93. The van der Waals surface area contributed by atoms with E-state index in [0.29, 0.717) is 17.5 Å². The number of fused-ring (bicyclic) bond motifs is 6. The number of pyridine rings is 1. The molecule has 11 rings (SSSR count). The van der Waals surface area contributed by atoms with Gasteiger partial charge < -0.3 is 4.57 Å². The van der Waals surface area contributed by atoms with Gasteiger partial charge in [0.1, 0.15) is 0 Å². The molecule has 0 aliphatic heterocycles. The Morgan fingerprint density at radius 2 is 0.982 bits per heavy atom. The van der Waals surface area contributed by atoms with Gasteiger partial charge in [0.2, 0.25) is 0 Å². The fourth-order valence-corrected chi connectivity index (χ4v) is 9.20. The smallest absolute Gasteiger partial charge is 0.165 e. The Balaban J connectivity index is 1.12. The molecule has 0 aliphatic rings. The van der Waals surface area contributed by atoms with E-state index in [-0.39, 0.29) is 0 Å². The molecular weight excluding hydrogens is 703 g/mol. The monoisotopic (exact) mass is 733 g/mol. The van der Waals surface area contributed by atoms with E-state index >= 15 is 0 Å². The SMILES string of the molecule is c1ccc(-c2ccc(-c3nc(-c4cccnc4)nc(-c4cccc(-c5cccc6c5sc5ccccc56)c4)n3)cc2-n2c3ccccc3c3ccccc32)cc1. The largest absolute Gasteiger partial charge is 0.309 e. The molecule has 4 heterocycles. The normalized spacial score (nSPS) is 11.6. The van der Waals surface area contributed by atoms with Crippen molar-refractivity contribution >= 4 is 53.3 Å². The standard InChI is InChI=1S/C50H31N5S/c1-2-13-32(14-3-1)37-27-26-35(30-45(37)55-43-23-7-4-18-39(43)40-19-5-8-24-44(40)55)49-52-48(53-50(54-49)36-17-12-28-51-31-36)34-16-10-15-33(29-34)38-21-11-22-42-41-20-6-9-25-46(41)56-47(38)42/h1-31H. The molecule has 0 atom stereocenters. The van der Waals surface area contributed by atoms with E-state index in [1.807, 2.05) is 29.7 Å². The first-order chi connectivity index (χ1) is 27.8. The van der Waals surface area contributed by atoms with Crippen LogP contribution in [0, 0.1) is 0 Å². The van der Waals surface area contributed by atoms with Crippen molar-refractivity contribution in [2.24, 2.45) is 0 Å². The maximum Gasteiger partial charge on any atom is 0.165 e. The number of nitrogens with zero attached hydrogens (tertiary/aromatic N) is 5. The summed E-state index contributed by atoms with van der Waals surface area (Å²) in [4.78, 5) is 19.9. The highest BCUT2D eigenvalue weighted by molar-refractivity contribution is 7.26. The minimum absolute atomic E-state index is 0.570. The molecule has 0 unspecified atom stereocenters. The highest BCUT2D eigenvalue weighted by atomic mass is 32.1. The zero-order chi connectivity index (χ0) is 37.0. The molecule has 0 amide bonds. The maximum atomic E-state index is 5.23. The van der Waals surface area contributed by atoms with Crippen molar-refractivity contribution in [2.75, 3.05) is 0 Å². The predicted octanol–water partition coefficient (Wildman–Crippen LogP) is 13.1. The zero-order valence-corrected chi connectivity index (χ0v) is 30.9. The van der Waals surface area contributed by atoms with E-state index < -0.39 is 0 Å². The second-order valence-corrected chi connectivity index (χ2v) is 14.9. The molecule has 0 fully saturated rings. The van der Waals surface area contributed by atoms with Gasteiger partial charge in [-0.15, -0.1) is 11.3 Å². The van der Waals surface area contributed by atoms with Gasteiger partial charge >= 0.3 is 0 Å². The van der Waals surface area contributed by atoms with Crippen molar-refractivity contribution in [2.45, 2.75) is 0 Å². The van der Waals surface area contributed by atoms with Crippen LogP contribution in [0.4, 0.5) is 0 Å². The Hall–Kier alpha value is -7.28. The lowest BCUT2D eigenvalue weighted by molar-refractivity contribution is 1.07. The van der Waals surface area contributed by atoms with Gasteiger partial charge in [0.25, 0.3) is 0 Å². The molecule has 4 aromatic heterocycles. The van der Waals surface area contributed by atoms with Gasteiger partial charge in [-0.25, -0.2) is 15.0 Å². The van der Waals surface area contributed by atoms with Gasteiger partial charge in [-0.1, -0.05) is 133 Å². The second kappa shape index (κ2) is 13.2. The lowest BCUT2D eigenvalue weighted by atomic mass is 10.00. The molecule has 6 heteroatoms. The molecular formula is C50H31N5S. The van der Waals surface area contributed by atoms with Crippen molar-refractivity contribution in [1.29, 1.82) is 0 Å². The van der Waals surface area contributed by atoms with Crippen LogP contribution in [0.3, 0.4) is 0 Å². The first-order valence-corrected chi connectivity index (χ1v) is 19.4. The highest BCUT2D eigenvalue weighted by Gasteiger charge is 2.19. The fraction of sp³-hybridized carbons (Fsp3) is 0. The van der Waals surface area contributed by atoms with Crippen LogP contribution in [0.5, 0.6) is 0 Å². The summed E-state index contributed by atoms with van der Waals surface area (Å²) in [5.74, 6) is 1.76. The summed E-state index contributed by atoms with van der Waals surface area (Å²) in [6.45, 7) is 0. The Kier molecular flexibility index (Phi) is 7.60. The summed E-state index contributed by atoms with van der Waals surface area (Å²) in [6.07, 6.45) is 3.58. The van der Waals surface area contributed by atoms with Gasteiger partial charge in [-0.05, 0) is 59.2 Å². The van der Waals surface area contributed by atoms with Gasteiger partial charge in [0.15, 0.2) is 17.5 Å². The third kappa shape index (κ3) is 5.38. The molecule has 7 aromatic carbocycles. The van der Waals surface area contributed by atoms with Crippen LogP contribution in [0.15, 0.2) is 188 Å². The average Bonchev–Trinajstić information content (AvgIpc) is 3.83. The Labute approximate surface area is 326 Å². The number of benzene rings is 7. The number of hydrogen-bond acceptors (Lipinski definition) is 5. The fourth-order valence-electron chi connectivity index (χ4n) is 7.96. The van der Waals surface area contributed by atoms with Crippen molar-refractivity contribution in [3.05, 3.63) is 188 Å². The zero-order valence-electron chi connectivity index (χ0n) is 30.0. The van der Waals surface area contributed by atoms with Crippen LogP contribution < -0.4 is 0 Å². The van der Waals surface area contributed by atoms with Gasteiger partial charge in [0.05, 0.1) is 16.7 Å². The molecule has 11 aromatic rings. The molecule has 0 aliphatic carbocycles. The van der Waals surface area contributed by atoms with Crippen LogP contribution in [0.2, 0.25) is 0 Å². The molecule has 0 saturated heterocycles. The Morgan fingerprint density at radius 1 is 0.393 bits per heavy atom. The van der Waals surface area contributed by atoms with E-state index in [2.05, 4.69) is 173 Å². The minimum atomic E-state index is 0.570. The lowest BCUT2D eigenvalue weighted by Gasteiger charge is -2.16. The molecule has 0 N–H and O–H groups in total. The topological polar surface area (TPSA) is 56.5 Å². The van der Waals surface area contributed by atoms with Crippen LogP contribution in [0.25, 0.3) is 104 Å². The van der Waals surface area contributed by atoms with E-state index in [1.54, 1.807) is 6.20 Å². The molecule has 0 bridgehead atoms. The summed E-state index contributed by atoms with van der Waals surface area (Å²) in [7, 11) is 0. The Morgan fingerprint density at radius 3 is 1.73 bits per heavy atom. The first-order valence-electron chi connectivity index (χ1n) is 18.6. The summed E-state index contributed by atoms with van der Waals surface area (Å²) >= 11 is 1.83. The van der Waals surface area contributed by atoms with Gasteiger partial charge in [-0.2, -0.15) is 0 Å². The Bertz CT molecular complexity index is 3200. The predicted molar refractivity (Wildman–Crippen MR) is 232 cm³/mol. The average molecular weight is 734 g/mol. The summed E-state index contributed by atoms with van der Waals surface area (Å²) in [5, 5.41) is 4.97. The molecule has 0 spiro atoms. The minimum Gasteiger partial charge on any atom is -0.309 e. The third-order valence-corrected chi connectivity index (χ3v) is 11.8. The summed E-state index contributed by atoms with van der Waals surface area (Å²) in [6, 6.07) is 62.0. The molecule has 0 saturated carbocycles. The summed E-state index contributed by atoms with van der Waals surface area (Å²) in [5.41, 5.74) is 10.5. The van der Waals surface area contributed by atoms with Crippen molar-refractivity contribution < 1.29 is 0 Å². The number of rotatable bonds is 6. The molecule has 56 heavy (non-hydrogen) atoms. The van der Waals surface area contributed by atoms with E-state index in [4.69, 9.17) is 15.0 Å². The van der Waals surface area contributed by atoms with Crippen LogP contribution >= 0.6 is 11.3 Å². The quantitative estimate of drug-likeness (QED) is 0.171. The van der Waals surface area contributed by atoms with Crippen LogP contribution in [-0.2, 0) is 0 Å². The van der Waals surface area contributed by atoms with Crippen molar-refractivity contribution in [3.63, 3.8) is 0 Å². The number of thiophene rings is 1. The highest BCUT2D eigenvalue weighted by Crippen LogP contribution is 2.41. The second-order valence-electron chi connectivity index (χ2n) is 13.9. The van der Waals surface area contributed by atoms with E-state index in [0.717, 1.165) is 50.1 Å². The van der Waals surface area contributed by atoms with E-state index in [9.17, 15) is 0 Å². The van der Waals surface area contributed by atoms with Crippen molar-refractivity contribution in [1.82, 2.24) is 24.5 Å². The number of para-hydroxylation sites is 2. The van der Waals surface area contributed by atoms with Gasteiger partial charge in [0, 0.05) is 65.6 Å². The van der Waals surface area contributed by atoms with Crippen LogP contribution in [-0.4, -0.2) is 24.5 Å². The number of hydrogen-bond donors (Lipinski definition) is 0. The third-order valence-electron chi connectivity index (χ3n) is 10.6. The maximum absolute atomic E-state index is 5.23. The van der Waals surface area contributed by atoms with Crippen LogP contribution in [0.1, 0.15) is 0 Å². The molecule has 262 valence electrons. The van der Waals surface area contributed by atoms with Crippen molar-refractivity contribution in [3.8, 4) is 62.1 Å². The van der Waals surface area contributed by atoms with Gasteiger partial charge in [-0.3, -0.25) is 4.98 Å². The van der Waals surface area contributed by atoms with E-state index in [1.165, 1.54) is 36.5 Å². The molecule has 0 radical (unpaired) electrons. The first kappa shape index (κ1) is 32.2.